The summed E-state index contributed by atoms with van der Waals surface area (Å²) >= 11 is 13.1. The molecule has 0 unspecified atom stereocenters. The normalized spacial score (nSPS) is 10.7. The molecule has 0 aliphatic carbocycles. The van der Waals surface area contributed by atoms with Gasteiger partial charge < -0.3 is 9.73 Å². The third kappa shape index (κ3) is 5.49. The minimum Gasteiger partial charge on any atom is -0.411 e. The average molecular weight is 408 g/mol. The van der Waals surface area contributed by atoms with E-state index >= 15 is 0 Å². The van der Waals surface area contributed by atoms with Crippen molar-refractivity contribution in [3.05, 3.63) is 64.1 Å². The van der Waals surface area contributed by atoms with Crippen LogP contribution in [0.25, 0.3) is 11.5 Å². The van der Waals surface area contributed by atoms with Gasteiger partial charge in [-0.1, -0.05) is 53.2 Å². The molecule has 0 saturated carbocycles. The van der Waals surface area contributed by atoms with Crippen molar-refractivity contribution in [2.75, 3.05) is 12.3 Å². The van der Waals surface area contributed by atoms with Gasteiger partial charge in [0, 0.05) is 22.2 Å². The number of hydrogen-bond acceptors (Lipinski definition) is 5. The van der Waals surface area contributed by atoms with Crippen molar-refractivity contribution in [2.45, 2.75) is 11.6 Å². The smallest absolute Gasteiger partial charge is 0.277 e. The average Bonchev–Trinajstić information content (AvgIpc) is 3.09. The minimum absolute atomic E-state index is 0.0977. The van der Waals surface area contributed by atoms with Gasteiger partial charge in [0.15, 0.2) is 0 Å². The monoisotopic (exact) mass is 407 g/mol. The Morgan fingerprint density at radius 3 is 2.62 bits per heavy atom. The van der Waals surface area contributed by atoms with E-state index in [4.69, 9.17) is 27.6 Å². The zero-order valence-corrected chi connectivity index (χ0v) is 15.9. The van der Waals surface area contributed by atoms with E-state index in [9.17, 15) is 4.79 Å². The predicted molar refractivity (Wildman–Crippen MR) is 104 cm³/mol. The predicted octanol–water partition coefficient (Wildman–Crippen LogP) is 4.49. The molecule has 0 spiro atoms. The Labute approximate surface area is 165 Å². The summed E-state index contributed by atoms with van der Waals surface area (Å²) < 4.78 is 5.55. The summed E-state index contributed by atoms with van der Waals surface area (Å²) in [7, 11) is 0. The molecule has 134 valence electrons. The maximum atomic E-state index is 11.9. The van der Waals surface area contributed by atoms with Crippen molar-refractivity contribution < 1.29 is 9.21 Å². The fourth-order valence-electron chi connectivity index (χ4n) is 2.22. The number of carbonyl (C=O) groups is 1. The Hall–Kier alpha value is -2.02. The van der Waals surface area contributed by atoms with Crippen LogP contribution in [0.2, 0.25) is 10.0 Å². The van der Waals surface area contributed by atoms with Gasteiger partial charge in [0.25, 0.3) is 5.22 Å². The van der Waals surface area contributed by atoms with Crippen LogP contribution >= 0.6 is 35.0 Å². The molecule has 1 amide bonds. The first-order chi connectivity index (χ1) is 12.6. The zero-order valence-electron chi connectivity index (χ0n) is 13.6. The lowest BCUT2D eigenvalue weighted by molar-refractivity contribution is -0.118. The SMILES string of the molecule is O=C(CSc1nnc(-c2cccc(Cl)c2)o1)NCCc1cccc(Cl)c1. The van der Waals surface area contributed by atoms with E-state index in [1.165, 1.54) is 11.8 Å². The molecule has 1 heterocycles. The fourth-order valence-corrected chi connectivity index (χ4v) is 3.22. The van der Waals surface area contributed by atoms with Crippen molar-refractivity contribution >= 4 is 40.9 Å². The van der Waals surface area contributed by atoms with Crippen LogP contribution < -0.4 is 5.32 Å². The van der Waals surface area contributed by atoms with Crippen LogP contribution in [0.15, 0.2) is 58.2 Å². The van der Waals surface area contributed by atoms with Crippen LogP contribution in [0.4, 0.5) is 0 Å². The third-order valence-corrected chi connectivity index (χ3v) is 4.72. The quantitative estimate of drug-likeness (QED) is 0.584. The molecular weight excluding hydrogens is 393 g/mol. The van der Waals surface area contributed by atoms with Crippen LogP contribution in [0, 0.1) is 0 Å². The summed E-state index contributed by atoms with van der Waals surface area (Å²) in [6.07, 6.45) is 0.719. The molecule has 0 radical (unpaired) electrons. The number of nitrogens with zero attached hydrogens (tertiary/aromatic N) is 2. The molecule has 5 nitrogen and oxygen atoms in total. The van der Waals surface area contributed by atoms with Crippen molar-refractivity contribution in [2.24, 2.45) is 0 Å². The number of carbonyl (C=O) groups excluding carboxylic acids is 1. The summed E-state index contributed by atoms with van der Waals surface area (Å²) in [5.41, 5.74) is 1.82. The molecule has 26 heavy (non-hydrogen) atoms. The van der Waals surface area contributed by atoms with E-state index in [2.05, 4.69) is 15.5 Å². The van der Waals surface area contributed by atoms with Crippen LogP contribution in [0.3, 0.4) is 0 Å². The van der Waals surface area contributed by atoms with Crippen molar-refractivity contribution in [3.63, 3.8) is 0 Å². The summed E-state index contributed by atoms with van der Waals surface area (Å²) in [6, 6.07) is 14.7. The van der Waals surface area contributed by atoms with E-state index in [0.29, 0.717) is 27.7 Å². The lowest BCUT2D eigenvalue weighted by atomic mass is 10.1. The van der Waals surface area contributed by atoms with Gasteiger partial charge in [0.05, 0.1) is 5.75 Å². The molecular formula is C18H15Cl2N3O2S. The summed E-state index contributed by atoms with van der Waals surface area (Å²) in [6.45, 7) is 0.539. The molecule has 3 aromatic rings. The molecule has 0 aliphatic rings. The van der Waals surface area contributed by atoms with Gasteiger partial charge in [-0.2, -0.15) is 0 Å². The Bertz CT molecular complexity index is 901. The van der Waals surface area contributed by atoms with Gasteiger partial charge in [-0.3, -0.25) is 4.79 Å². The molecule has 1 N–H and O–H groups in total. The lowest BCUT2D eigenvalue weighted by Crippen LogP contribution is -2.27. The first-order valence-electron chi connectivity index (χ1n) is 7.83. The maximum Gasteiger partial charge on any atom is 0.277 e. The van der Waals surface area contributed by atoms with Gasteiger partial charge in [-0.05, 0) is 42.3 Å². The molecule has 0 bridgehead atoms. The summed E-state index contributed by atoms with van der Waals surface area (Å²) in [5.74, 6) is 0.475. The number of amides is 1. The number of halogens is 2. The first-order valence-corrected chi connectivity index (χ1v) is 9.58. The second kappa shape index (κ2) is 9.07. The van der Waals surface area contributed by atoms with Crippen LogP contribution in [-0.2, 0) is 11.2 Å². The van der Waals surface area contributed by atoms with E-state index in [1.54, 1.807) is 12.1 Å². The topological polar surface area (TPSA) is 68.0 Å². The lowest BCUT2D eigenvalue weighted by Gasteiger charge is -2.04. The Morgan fingerprint density at radius 2 is 1.85 bits per heavy atom. The van der Waals surface area contributed by atoms with E-state index < -0.39 is 0 Å². The second-order valence-electron chi connectivity index (χ2n) is 5.40. The van der Waals surface area contributed by atoms with Gasteiger partial charge in [0.1, 0.15) is 0 Å². The largest absolute Gasteiger partial charge is 0.411 e. The highest BCUT2D eigenvalue weighted by Crippen LogP contribution is 2.24. The van der Waals surface area contributed by atoms with Gasteiger partial charge in [-0.25, -0.2) is 0 Å². The first kappa shape index (κ1) is 18.8. The number of nitrogens with one attached hydrogen (secondary N) is 1. The summed E-state index contributed by atoms with van der Waals surface area (Å²) in [4.78, 5) is 11.9. The molecule has 0 fully saturated rings. The Kier molecular flexibility index (Phi) is 6.55. The minimum atomic E-state index is -0.0977. The van der Waals surface area contributed by atoms with E-state index in [-0.39, 0.29) is 11.7 Å². The maximum absolute atomic E-state index is 11.9. The molecule has 0 aliphatic heterocycles. The van der Waals surface area contributed by atoms with Crippen LogP contribution in [0.5, 0.6) is 0 Å². The van der Waals surface area contributed by atoms with Crippen LogP contribution in [0.1, 0.15) is 5.56 Å². The molecule has 0 atom stereocenters. The highest BCUT2D eigenvalue weighted by Gasteiger charge is 2.11. The standard InChI is InChI=1S/C18H15Cl2N3O2S/c19-14-5-1-3-12(9-14)7-8-21-16(24)11-26-18-23-22-17(25-18)13-4-2-6-15(20)10-13/h1-6,9-10H,7-8,11H2,(H,21,24). The number of thioether (sulfide) groups is 1. The van der Waals surface area contributed by atoms with Crippen molar-refractivity contribution in [1.82, 2.24) is 15.5 Å². The number of hydrogen-bond donors (Lipinski definition) is 1. The highest BCUT2D eigenvalue weighted by atomic mass is 35.5. The van der Waals surface area contributed by atoms with E-state index in [0.717, 1.165) is 17.5 Å². The molecule has 8 heteroatoms. The van der Waals surface area contributed by atoms with E-state index in [1.807, 2.05) is 36.4 Å². The Morgan fingerprint density at radius 1 is 1.08 bits per heavy atom. The zero-order chi connectivity index (χ0) is 18.4. The molecule has 2 aromatic carbocycles. The highest BCUT2D eigenvalue weighted by molar-refractivity contribution is 7.99. The fraction of sp³-hybridized carbons (Fsp3) is 0.167. The Balaban J connectivity index is 1.45. The molecule has 1 aromatic heterocycles. The van der Waals surface area contributed by atoms with Crippen LogP contribution in [-0.4, -0.2) is 28.4 Å². The third-order valence-electron chi connectivity index (χ3n) is 3.43. The van der Waals surface area contributed by atoms with Gasteiger partial charge in [-0.15, -0.1) is 10.2 Å². The van der Waals surface area contributed by atoms with Crippen molar-refractivity contribution in [1.29, 1.82) is 0 Å². The number of benzene rings is 2. The molecule has 0 saturated heterocycles. The number of aromatic nitrogens is 2. The second-order valence-corrected chi connectivity index (χ2v) is 7.20. The number of rotatable bonds is 7. The van der Waals surface area contributed by atoms with Crippen molar-refractivity contribution in [3.8, 4) is 11.5 Å². The van der Waals surface area contributed by atoms with Gasteiger partial charge >= 0.3 is 0 Å². The van der Waals surface area contributed by atoms with Gasteiger partial charge in [0.2, 0.25) is 11.8 Å². The summed E-state index contributed by atoms with van der Waals surface area (Å²) in [5, 5.41) is 12.4. The molecule has 3 rings (SSSR count).